The van der Waals surface area contributed by atoms with Crippen molar-refractivity contribution >= 4 is 28.2 Å². The van der Waals surface area contributed by atoms with Gasteiger partial charge in [-0.05, 0) is 37.0 Å². The summed E-state index contributed by atoms with van der Waals surface area (Å²) in [4.78, 5) is 19.0. The van der Waals surface area contributed by atoms with E-state index < -0.39 is 29.5 Å². The summed E-state index contributed by atoms with van der Waals surface area (Å²) in [6.07, 6.45) is 2.44. The van der Waals surface area contributed by atoms with Crippen LogP contribution in [0.2, 0.25) is 0 Å². The van der Waals surface area contributed by atoms with Crippen molar-refractivity contribution in [2.75, 3.05) is 11.9 Å². The highest BCUT2D eigenvalue weighted by Crippen LogP contribution is 2.39. The van der Waals surface area contributed by atoms with E-state index in [9.17, 15) is 23.3 Å². The number of ether oxygens (including phenoxy) is 1. The number of nitrogens with one attached hydrogen (secondary N) is 1. The standard InChI is InChI=1S/C24H20F3N5O3.CH4/c1-13-8-17(25)19(32(33)34)9-18(13)29-24-28-10-20(35-12-21(26)27)22(30-24)16-11-31-7-3-5-14-4-2-6-15(16)23(14)31;/h2,4,6,8-11,21H,3,5,7,12H2,1H3,(H,28,29,30);1H4. The van der Waals surface area contributed by atoms with Gasteiger partial charge in [0.25, 0.3) is 6.43 Å². The van der Waals surface area contributed by atoms with E-state index in [1.165, 1.54) is 11.8 Å². The zero-order chi connectivity index (χ0) is 24.7. The molecule has 1 aliphatic heterocycles. The van der Waals surface area contributed by atoms with Crippen LogP contribution in [0.1, 0.15) is 25.0 Å². The van der Waals surface area contributed by atoms with Crippen LogP contribution in [0.15, 0.2) is 42.7 Å². The molecule has 0 atom stereocenters. The van der Waals surface area contributed by atoms with E-state index >= 15 is 0 Å². The maximum Gasteiger partial charge on any atom is 0.306 e. The lowest BCUT2D eigenvalue weighted by Crippen LogP contribution is -2.09. The summed E-state index contributed by atoms with van der Waals surface area (Å²) in [5.41, 5.74) is 3.21. The van der Waals surface area contributed by atoms with Crippen molar-refractivity contribution in [3.05, 3.63) is 69.8 Å². The Hall–Kier alpha value is -4.15. The highest BCUT2D eigenvalue weighted by Gasteiger charge is 2.22. The normalized spacial score (nSPS) is 12.5. The molecular formula is C25H24F3N5O3. The van der Waals surface area contributed by atoms with E-state index in [2.05, 4.69) is 25.9 Å². The third-order valence-electron chi connectivity index (χ3n) is 5.94. The highest BCUT2D eigenvalue weighted by atomic mass is 19.3. The molecule has 1 aliphatic rings. The van der Waals surface area contributed by atoms with Crippen molar-refractivity contribution in [2.24, 2.45) is 0 Å². The van der Waals surface area contributed by atoms with Crippen molar-refractivity contribution in [2.45, 2.75) is 40.2 Å². The Bertz CT molecular complexity index is 1450. The third-order valence-corrected chi connectivity index (χ3v) is 5.94. The van der Waals surface area contributed by atoms with Crippen LogP contribution in [0, 0.1) is 22.9 Å². The average Bonchev–Trinajstić information content (AvgIpc) is 3.20. The second kappa shape index (κ2) is 9.84. The van der Waals surface area contributed by atoms with Crippen molar-refractivity contribution in [3.63, 3.8) is 0 Å². The van der Waals surface area contributed by atoms with Crippen LogP contribution in [0.25, 0.3) is 22.2 Å². The fraction of sp³-hybridized carbons (Fsp3) is 0.280. The number of nitro benzene ring substituents is 1. The number of hydrogen-bond acceptors (Lipinski definition) is 6. The number of halogens is 3. The first-order chi connectivity index (χ1) is 16.8. The van der Waals surface area contributed by atoms with Crippen molar-refractivity contribution in [1.82, 2.24) is 14.5 Å². The molecule has 4 aromatic rings. The van der Waals surface area contributed by atoms with E-state index in [4.69, 9.17) is 4.74 Å². The number of nitrogens with zero attached hydrogens (tertiary/aromatic N) is 4. The molecule has 0 spiro atoms. The molecule has 5 rings (SSSR count). The average molecular weight is 499 g/mol. The van der Waals surface area contributed by atoms with Gasteiger partial charge in [-0.15, -0.1) is 0 Å². The minimum atomic E-state index is -2.68. The number of alkyl halides is 2. The summed E-state index contributed by atoms with van der Waals surface area (Å²) in [6, 6.07) is 8.06. The van der Waals surface area contributed by atoms with Gasteiger partial charge >= 0.3 is 5.69 Å². The molecule has 0 saturated heterocycles. The van der Waals surface area contributed by atoms with Gasteiger partial charge in [-0.3, -0.25) is 10.1 Å². The number of nitro groups is 1. The molecule has 188 valence electrons. The quantitative estimate of drug-likeness (QED) is 0.233. The molecule has 0 radical (unpaired) electrons. The second-order valence-corrected chi connectivity index (χ2v) is 8.26. The Morgan fingerprint density at radius 1 is 1.31 bits per heavy atom. The zero-order valence-electron chi connectivity index (χ0n) is 18.6. The monoisotopic (exact) mass is 499 g/mol. The molecule has 0 bridgehead atoms. The lowest BCUT2D eigenvalue weighted by atomic mass is 10.0. The Labute approximate surface area is 204 Å². The van der Waals surface area contributed by atoms with Crippen molar-refractivity contribution < 1.29 is 22.8 Å². The summed E-state index contributed by atoms with van der Waals surface area (Å²) in [6.45, 7) is 1.58. The Balaban J connectivity index is 0.00000304. The number of aromatic nitrogens is 3. The van der Waals surface area contributed by atoms with E-state index in [0.29, 0.717) is 16.8 Å². The highest BCUT2D eigenvalue weighted by molar-refractivity contribution is 5.98. The number of aryl methyl sites for hydroxylation is 3. The van der Waals surface area contributed by atoms with Gasteiger partial charge in [-0.1, -0.05) is 25.6 Å². The molecule has 0 unspecified atom stereocenters. The lowest BCUT2D eigenvalue weighted by Gasteiger charge is -2.14. The van der Waals surface area contributed by atoms with Crippen LogP contribution in [0.3, 0.4) is 0 Å². The van der Waals surface area contributed by atoms with Crippen LogP contribution in [-0.2, 0) is 13.0 Å². The van der Waals surface area contributed by atoms with Gasteiger partial charge in [0.15, 0.2) is 5.75 Å². The van der Waals surface area contributed by atoms with Crippen LogP contribution in [0.4, 0.5) is 30.5 Å². The number of benzene rings is 2. The molecule has 2 aromatic heterocycles. The lowest BCUT2D eigenvalue weighted by molar-refractivity contribution is -0.387. The minimum absolute atomic E-state index is 0. The van der Waals surface area contributed by atoms with Crippen LogP contribution >= 0.6 is 0 Å². The molecule has 0 saturated carbocycles. The first-order valence-corrected chi connectivity index (χ1v) is 10.9. The summed E-state index contributed by atoms with van der Waals surface area (Å²) in [5, 5.41) is 15.0. The van der Waals surface area contributed by atoms with E-state index in [0.717, 1.165) is 42.4 Å². The van der Waals surface area contributed by atoms with Crippen LogP contribution in [0.5, 0.6) is 5.75 Å². The fourth-order valence-electron chi connectivity index (χ4n) is 4.38. The largest absolute Gasteiger partial charge is 0.484 e. The molecule has 2 aromatic carbocycles. The SMILES string of the molecule is C.Cc1cc(F)c([N+](=O)[O-])cc1Nc1ncc(OCC(F)F)c(-c2cn3c4c(cccc24)CCC3)n1. The second-order valence-electron chi connectivity index (χ2n) is 8.26. The molecule has 11 heteroatoms. The van der Waals surface area contributed by atoms with Gasteiger partial charge in [0.05, 0.1) is 22.3 Å². The summed E-state index contributed by atoms with van der Waals surface area (Å²) < 4.78 is 47.2. The van der Waals surface area contributed by atoms with Gasteiger partial charge in [-0.2, -0.15) is 4.39 Å². The number of anilines is 2. The third kappa shape index (κ3) is 4.56. The minimum Gasteiger partial charge on any atom is -0.484 e. The zero-order valence-corrected chi connectivity index (χ0v) is 18.6. The first-order valence-electron chi connectivity index (χ1n) is 10.9. The first kappa shape index (κ1) is 25.0. The maximum atomic E-state index is 13.9. The van der Waals surface area contributed by atoms with Gasteiger partial charge in [-0.25, -0.2) is 18.7 Å². The molecule has 0 aliphatic carbocycles. The Morgan fingerprint density at radius 2 is 2.11 bits per heavy atom. The molecule has 0 amide bonds. The molecule has 8 nitrogen and oxygen atoms in total. The topological polar surface area (TPSA) is 95.1 Å². The molecule has 1 N–H and O–H groups in total. The predicted octanol–water partition coefficient (Wildman–Crippen LogP) is 6.42. The summed E-state index contributed by atoms with van der Waals surface area (Å²) >= 11 is 0. The fourth-order valence-corrected chi connectivity index (χ4v) is 4.38. The molecule has 3 heterocycles. The van der Waals surface area contributed by atoms with Crippen LogP contribution in [-0.4, -0.2) is 32.5 Å². The van der Waals surface area contributed by atoms with E-state index in [1.54, 1.807) is 6.92 Å². The van der Waals surface area contributed by atoms with Crippen LogP contribution < -0.4 is 10.1 Å². The summed E-state index contributed by atoms with van der Waals surface area (Å²) in [7, 11) is 0. The molecule has 36 heavy (non-hydrogen) atoms. The predicted molar refractivity (Wildman–Crippen MR) is 131 cm³/mol. The number of hydrogen-bond donors (Lipinski definition) is 1. The maximum absolute atomic E-state index is 13.9. The Morgan fingerprint density at radius 3 is 2.86 bits per heavy atom. The van der Waals surface area contributed by atoms with E-state index in [1.807, 2.05) is 18.3 Å². The van der Waals surface area contributed by atoms with Gasteiger partial charge in [0.1, 0.15) is 12.3 Å². The summed E-state index contributed by atoms with van der Waals surface area (Å²) in [5.74, 6) is -0.814. The van der Waals surface area contributed by atoms with Gasteiger partial charge < -0.3 is 14.6 Å². The van der Waals surface area contributed by atoms with Gasteiger partial charge in [0.2, 0.25) is 11.8 Å². The number of para-hydroxylation sites is 1. The Kier molecular flexibility index (Phi) is 6.82. The smallest absolute Gasteiger partial charge is 0.306 e. The number of rotatable bonds is 7. The van der Waals surface area contributed by atoms with Crippen molar-refractivity contribution in [1.29, 1.82) is 0 Å². The van der Waals surface area contributed by atoms with Crippen molar-refractivity contribution in [3.8, 4) is 17.0 Å². The van der Waals surface area contributed by atoms with Gasteiger partial charge in [0, 0.05) is 29.8 Å². The van der Waals surface area contributed by atoms with E-state index in [-0.39, 0.29) is 24.8 Å². The molecular weight excluding hydrogens is 475 g/mol. The molecule has 0 fully saturated rings.